The Morgan fingerprint density at radius 1 is 1.14 bits per heavy atom. The maximum atomic E-state index is 12.2. The van der Waals surface area contributed by atoms with Gasteiger partial charge < -0.3 is 19.0 Å². The summed E-state index contributed by atoms with van der Waals surface area (Å²) in [5.41, 5.74) is 1.94. The smallest absolute Gasteiger partial charge is 0.348 e. The summed E-state index contributed by atoms with van der Waals surface area (Å²) in [6.45, 7) is 1.84. The fourth-order valence-corrected chi connectivity index (χ4v) is 3.22. The molecule has 0 saturated heterocycles. The number of ether oxygens (including phenoxy) is 1. The molecule has 8 nitrogen and oxygen atoms in total. The second kappa shape index (κ2) is 8.11. The highest BCUT2D eigenvalue weighted by atomic mass is 32.1. The van der Waals surface area contributed by atoms with Crippen LogP contribution in [0.4, 0.5) is 5.00 Å². The van der Waals surface area contributed by atoms with Crippen molar-refractivity contribution in [3.05, 3.63) is 76.9 Å². The average Bonchev–Trinajstić information content (AvgIpc) is 3.48. The second-order valence-corrected chi connectivity index (χ2v) is 7.13. The zero-order valence-electron chi connectivity index (χ0n) is 15.2. The largest absolute Gasteiger partial charge is 0.459 e. The van der Waals surface area contributed by atoms with Crippen molar-refractivity contribution in [2.45, 2.75) is 13.5 Å². The van der Waals surface area contributed by atoms with E-state index in [0.717, 1.165) is 22.5 Å². The van der Waals surface area contributed by atoms with Crippen LogP contribution in [0.3, 0.4) is 0 Å². The Morgan fingerprint density at radius 3 is 2.72 bits per heavy atom. The molecule has 146 valence electrons. The van der Waals surface area contributed by atoms with Crippen LogP contribution in [0.5, 0.6) is 0 Å². The van der Waals surface area contributed by atoms with Crippen LogP contribution in [0.1, 0.15) is 31.7 Å². The van der Waals surface area contributed by atoms with Crippen LogP contribution in [-0.4, -0.2) is 22.0 Å². The monoisotopic (exact) mass is 409 g/mol. The van der Waals surface area contributed by atoms with Crippen molar-refractivity contribution >= 4 is 28.2 Å². The molecular formula is C20H15N3O5S. The molecule has 0 aliphatic rings. The van der Waals surface area contributed by atoms with E-state index in [4.69, 9.17) is 13.7 Å². The zero-order valence-corrected chi connectivity index (χ0v) is 16.1. The molecule has 0 saturated carbocycles. The van der Waals surface area contributed by atoms with E-state index >= 15 is 0 Å². The molecule has 0 bridgehead atoms. The number of aromatic nitrogens is 2. The summed E-state index contributed by atoms with van der Waals surface area (Å²) in [6, 6.07) is 14.0. The van der Waals surface area contributed by atoms with Crippen molar-refractivity contribution < 1.29 is 23.3 Å². The summed E-state index contributed by atoms with van der Waals surface area (Å²) >= 11 is 1.09. The number of aryl methyl sites for hydroxylation is 1. The maximum absolute atomic E-state index is 12.2. The topological polar surface area (TPSA) is 107 Å². The van der Waals surface area contributed by atoms with Gasteiger partial charge in [0.15, 0.2) is 12.4 Å². The first kappa shape index (κ1) is 18.6. The normalized spacial score (nSPS) is 10.7. The number of hydrogen-bond acceptors (Lipinski definition) is 8. The number of rotatable bonds is 6. The number of hydrogen-bond donors (Lipinski definition) is 1. The van der Waals surface area contributed by atoms with Crippen LogP contribution < -0.4 is 5.32 Å². The first-order valence-corrected chi connectivity index (χ1v) is 9.41. The van der Waals surface area contributed by atoms with Crippen LogP contribution in [0.15, 0.2) is 63.7 Å². The average molecular weight is 409 g/mol. The van der Waals surface area contributed by atoms with E-state index < -0.39 is 11.9 Å². The summed E-state index contributed by atoms with van der Waals surface area (Å²) in [7, 11) is 0. The molecule has 29 heavy (non-hydrogen) atoms. The lowest BCUT2D eigenvalue weighted by Gasteiger charge is -2.00. The van der Waals surface area contributed by atoms with E-state index in [1.54, 1.807) is 24.3 Å². The number of amides is 1. The summed E-state index contributed by atoms with van der Waals surface area (Å²) in [6.07, 6.45) is 1.41. The maximum Gasteiger partial charge on any atom is 0.348 e. The number of carbonyl (C=O) groups is 2. The van der Waals surface area contributed by atoms with Crippen LogP contribution >= 0.6 is 11.3 Å². The highest BCUT2D eigenvalue weighted by molar-refractivity contribution is 7.18. The van der Waals surface area contributed by atoms with Gasteiger partial charge in [0, 0.05) is 5.56 Å². The number of thiophene rings is 1. The summed E-state index contributed by atoms with van der Waals surface area (Å²) < 4.78 is 15.4. The third kappa shape index (κ3) is 4.41. The number of nitrogens with zero attached hydrogens (tertiary/aromatic N) is 2. The molecule has 1 amide bonds. The molecule has 0 fully saturated rings. The van der Waals surface area contributed by atoms with Crippen molar-refractivity contribution in [1.82, 2.24) is 10.1 Å². The van der Waals surface area contributed by atoms with Gasteiger partial charge in [0.25, 0.3) is 11.8 Å². The van der Waals surface area contributed by atoms with Gasteiger partial charge in [-0.1, -0.05) is 35.0 Å². The van der Waals surface area contributed by atoms with Crippen molar-refractivity contribution in [1.29, 1.82) is 0 Å². The molecular weight excluding hydrogens is 394 g/mol. The predicted molar refractivity (Wildman–Crippen MR) is 105 cm³/mol. The van der Waals surface area contributed by atoms with Gasteiger partial charge in [-0.05, 0) is 31.2 Å². The molecule has 0 unspecified atom stereocenters. The van der Waals surface area contributed by atoms with Gasteiger partial charge in [0.2, 0.25) is 5.82 Å². The van der Waals surface area contributed by atoms with E-state index in [-0.39, 0.29) is 18.3 Å². The fraction of sp³-hybridized carbons (Fsp3) is 0.100. The quantitative estimate of drug-likeness (QED) is 0.473. The van der Waals surface area contributed by atoms with Crippen LogP contribution in [0.2, 0.25) is 0 Å². The van der Waals surface area contributed by atoms with Gasteiger partial charge in [0.1, 0.15) is 4.88 Å². The van der Waals surface area contributed by atoms with E-state index in [1.165, 1.54) is 6.26 Å². The number of anilines is 1. The van der Waals surface area contributed by atoms with Crippen LogP contribution in [0, 0.1) is 6.92 Å². The van der Waals surface area contributed by atoms with Gasteiger partial charge >= 0.3 is 5.97 Å². The Labute approximate surface area is 169 Å². The summed E-state index contributed by atoms with van der Waals surface area (Å²) in [4.78, 5) is 28.7. The lowest BCUT2D eigenvalue weighted by molar-refractivity contribution is 0.0435. The predicted octanol–water partition coefficient (Wildman–Crippen LogP) is 4.31. The molecule has 1 aromatic carbocycles. The fourth-order valence-electron chi connectivity index (χ4n) is 2.43. The Balaban J connectivity index is 1.34. The molecule has 4 aromatic rings. The van der Waals surface area contributed by atoms with Crippen molar-refractivity contribution in [2.24, 2.45) is 0 Å². The molecule has 0 aliphatic carbocycles. The third-order valence-electron chi connectivity index (χ3n) is 3.89. The standard InChI is InChI=1S/C20H15N3O5S/c1-12-4-6-13(7-5-12)18-21-16(28-23-18)11-27-20(25)15-8-9-17(29-15)22-19(24)14-3-2-10-26-14/h2-10H,11H2,1H3,(H,22,24). The van der Waals surface area contributed by atoms with E-state index in [1.807, 2.05) is 31.2 Å². The van der Waals surface area contributed by atoms with E-state index in [9.17, 15) is 9.59 Å². The van der Waals surface area contributed by atoms with Gasteiger partial charge in [-0.2, -0.15) is 4.98 Å². The number of benzene rings is 1. The van der Waals surface area contributed by atoms with Crippen molar-refractivity contribution in [2.75, 3.05) is 5.32 Å². The minimum Gasteiger partial charge on any atom is -0.459 e. The second-order valence-electron chi connectivity index (χ2n) is 6.05. The first-order chi connectivity index (χ1) is 14.1. The molecule has 0 aliphatic heterocycles. The number of nitrogens with one attached hydrogen (secondary N) is 1. The van der Waals surface area contributed by atoms with Gasteiger partial charge in [0.05, 0.1) is 11.3 Å². The summed E-state index contributed by atoms with van der Waals surface area (Å²) in [5, 5.41) is 7.05. The molecule has 9 heteroatoms. The third-order valence-corrected chi connectivity index (χ3v) is 4.87. The Kier molecular flexibility index (Phi) is 5.21. The summed E-state index contributed by atoms with van der Waals surface area (Å²) in [5.74, 6) is -0.148. The minimum atomic E-state index is -0.552. The SMILES string of the molecule is Cc1ccc(-c2noc(COC(=O)c3ccc(NC(=O)c4ccco4)s3)n2)cc1. The van der Waals surface area contributed by atoms with E-state index in [0.29, 0.717) is 15.7 Å². The van der Waals surface area contributed by atoms with Gasteiger partial charge in [-0.25, -0.2) is 4.79 Å². The molecule has 0 atom stereocenters. The number of carbonyl (C=O) groups excluding carboxylic acids is 2. The highest BCUT2D eigenvalue weighted by Gasteiger charge is 2.16. The minimum absolute atomic E-state index is 0.149. The lowest BCUT2D eigenvalue weighted by atomic mass is 10.1. The Bertz CT molecular complexity index is 1130. The van der Waals surface area contributed by atoms with E-state index in [2.05, 4.69) is 15.5 Å². The van der Waals surface area contributed by atoms with Gasteiger partial charge in [-0.15, -0.1) is 11.3 Å². The lowest BCUT2D eigenvalue weighted by Crippen LogP contribution is -2.09. The zero-order chi connectivity index (χ0) is 20.2. The Morgan fingerprint density at radius 2 is 1.97 bits per heavy atom. The molecule has 4 rings (SSSR count). The Hall–Kier alpha value is -3.72. The molecule has 3 aromatic heterocycles. The van der Waals surface area contributed by atoms with Crippen LogP contribution in [-0.2, 0) is 11.3 Å². The number of esters is 1. The van der Waals surface area contributed by atoms with Crippen molar-refractivity contribution in [3.63, 3.8) is 0 Å². The first-order valence-electron chi connectivity index (χ1n) is 8.60. The molecule has 1 N–H and O–H groups in total. The molecule has 0 spiro atoms. The van der Waals surface area contributed by atoms with Crippen LogP contribution in [0.25, 0.3) is 11.4 Å². The van der Waals surface area contributed by atoms with Gasteiger partial charge in [-0.3, -0.25) is 4.79 Å². The number of furan rings is 1. The highest BCUT2D eigenvalue weighted by Crippen LogP contribution is 2.24. The molecule has 3 heterocycles. The molecule has 0 radical (unpaired) electrons. The van der Waals surface area contributed by atoms with Crippen molar-refractivity contribution in [3.8, 4) is 11.4 Å².